The van der Waals surface area contributed by atoms with Gasteiger partial charge in [-0.25, -0.2) is 18.5 Å². The second kappa shape index (κ2) is 4.75. The van der Waals surface area contributed by atoms with Crippen molar-refractivity contribution in [2.24, 2.45) is 28.8 Å². The summed E-state index contributed by atoms with van der Waals surface area (Å²) in [5.41, 5.74) is 0.362. The number of hydrogen-bond donors (Lipinski definition) is 1. The highest BCUT2D eigenvalue weighted by molar-refractivity contribution is 9.10. The Morgan fingerprint density at radius 3 is 2.13 bits per heavy atom. The van der Waals surface area contributed by atoms with Crippen molar-refractivity contribution < 1.29 is 18.0 Å². The van der Waals surface area contributed by atoms with Crippen molar-refractivity contribution in [3.63, 3.8) is 0 Å². The van der Waals surface area contributed by atoms with Gasteiger partial charge in [-0.05, 0) is 52.4 Å². The predicted molar refractivity (Wildman–Crippen MR) is 85.7 cm³/mol. The van der Waals surface area contributed by atoms with Gasteiger partial charge in [0.1, 0.15) is 0 Å². The summed E-state index contributed by atoms with van der Waals surface area (Å²) in [5, 5.41) is 5.10. The Labute approximate surface area is 141 Å². The molecule has 2 fully saturated rings. The van der Waals surface area contributed by atoms with Crippen molar-refractivity contribution in [1.29, 1.82) is 0 Å². The van der Waals surface area contributed by atoms with E-state index in [1.54, 1.807) is 0 Å². The molecule has 8 heteroatoms. The van der Waals surface area contributed by atoms with Gasteiger partial charge in [-0.2, -0.15) is 0 Å². The predicted octanol–water partition coefficient (Wildman–Crippen LogP) is 1.41. The fourth-order valence-corrected chi connectivity index (χ4v) is 5.23. The van der Waals surface area contributed by atoms with Crippen LogP contribution in [0.2, 0.25) is 0 Å². The highest BCUT2D eigenvalue weighted by Gasteiger charge is 2.59. The van der Waals surface area contributed by atoms with Crippen LogP contribution in [-0.4, -0.2) is 20.2 Å². The van der Waals surface area contributed by atoms with Crippen molar-refractivity contribution >= 4 is 43.5 Å². The van der Waals surface area contributed by atoms with Crippen molar-refractivity contribution in [2.45, 2.75) is 11.3 Å². The highest BCUT2D eigenvalue weighted by Crippen LogP contribution is 2.53. The smallest absolute Gasteiger partial charge is 0.238 e. The van der Waals surface area contributed by atoms with Gasteiger partial charge in [0, 0.05) is 4.47 Å². The van der Waals surface area contributed by atoms with E-state index in [-0.39, 0.29) is 40.4 Å². The van der Waals surface area contributed by atoms with E-state index in [9.17, 15) is 18.0 Å². The molecule has 4 atom stereocenters. The van der Waals surface area contributed by atoms with Gasteiger partial charge < -0.3 is 0 Å². The van der Waals surface area contributed by atoms with Crippen LogP contribution in [0.25, 0.3) is 0 Å². The Morgan fingerprint density at radius 1 is 1.09 bits per heavy atom. The van der Waals surface area contributed by atoms with Crippen LogP contribution in [0.4, 0.5) is 5.69 Å². The van der Waals surface area contributed by atoms with Gasteiger partial charge in [0.15, 0.2) is 0 Å². The fraction of sp³-hybridized carbons (Fsp3) is 0.333. The Balaban J connectivity index is 1.75. The van der Waals surface area contributed by atoms with Gasteiger partial charge in [0.25, 0.3) is 0 Å². The standard InChI is InChI=1S/C15H13BrN2O4S/c16-10-6-9(23(17,21)22)3-4-11(10)18-14(19)12-7-1-2-8(5-7)13(12)15(18)20/h1-4,6-8,12-13H,5H2,(H2,17,21,22)/t7?,8?,12-,13+. The van der Waals surface area contributed by atoms with E-state index in [1.807, 2.05) is 12.2 Å². The number of amides is 2. The number of imide groups is 1. The maximum Gasteiger partial charge on any atom is 0.238 e. The molecular weight excluding hydrogens is 384 g/mol. The molecule has 3 aliphatic rings. The van der Waals surface area contributed by atoms with Gasteiger partial charge in [0.2, 0.25) is 21.8 Å². The average Bonchev–Trinajstić information content (AvgIpc) is 3.13. The van der Waals surface area contributed by atoms with Gasteiger partial charge >= 0.3 is 0 Å². The van der Waals surface area contributed by atoms with Crippen LogP contribution in [0, 0.1) is 23.7 Å². The highest BCUT2D eigenvalue weighted by atomic mass is 79.9. The lowest BCUT2D eigenvalue weighted by atomic mass is 9.85. The minimum Gasteiger partial charge on any atom is -0.274 e. The maximum absolute atomic E-state index is 12.7. The number of carbonyl (C=O) groups is 2. The second-order valence-electron chi connectivity index (χ2n) is 6.17. The molecule has 23 heavy (non-hydrogen) atoms. The van der Waals surface area contributed by atoms with Crippen LogP contribution in [0.1, 0.15) is 6.42 Å². The zero-order valence-corrected chi connectivity index (χ0v) is 14.2. The van der Waals surface area contributed by atoms with E-state index in [2.05, 4.69) is 15.9 Å². The molecule has 1 saturated heterocycles. The summed E-state index contributed by atoms with van der Waals surface area (Å²) in [6.07, 6.45) is 4.92. The van der Waals surface area contributed by atoms with Crippen LogP contribution in [0.5, 0.6) is 0 Å². The number of rotatable bonds is 2. The number of primary sulfonamides is 1. The summed E-state index contributed by atoms with van der Waals surface area (Å²) in [5.74, 6) is -0.728. The molecule has 120 valence electrons. The number of halogens is 1. The first kappa shape index (κ1) is 15.0. The van der Waals surface area contributed by atoms with Crippen molar-refractivity contribution in [2.75, 3.05) is 4.90 Å². The Kier molecular flexibility index (Phi) is 3.11. The summed E-state index contributed by atoms with van der Waals surface area (Å²) >= 11 is 3.25. The summed E-state index contributed by atoms with van der Waals surface area (Å²) in [7, 11) is -3.84. The lowest BCUT2D eigenvalue weighted by Gasteiger charge is -2.19. The quantitative estimate of drug-likeness (QED) is 0.603. The molecule has 1 saturated carbocycles. The van der Waals surface area contributed by atoms with E-state index < -0.39 is 10.0 Å². The Morgan fingerprint density at radius 2 is 1.65 bits per heavy atom. The monoisotopic (exact) mass is 396 g/mol. The summed E-state index contributed by atoms with van der Waals surface area (Å²) < 4.78 is 23.2. The molecule has 0 radical (unpaired) electrons. The number of fused-ring (bicyclic) bond motifs is 5. The molecule has 4 rings (SSSR count). The number of sulfonamides is 1. The number of anilines is 1. The molecule has 2 N–H and O–H groups in total. The topological polar surface area (TPSA) is 97.5 Å². The van der Waals surface area contributed by atoms with Crippen molar-refractivity contribution in [1.82, 2.24) is 0 Å². The molecule has 6 nitrogen and oxygen atoms in total. The number of nitrogens with zero attached hydrogens (tertiary/aromatic N) is 1. The van der Waals surface area contributed by atoms with Crippen LogP contribution < -0.4 is 10.0 Å². The van der Waals surface area contributed by atoms with E-state index in [0.717, 1.165) is 6.42 Å². The van der Waals surface area contributed by atoms with Crippen LogP contribution in [0.3, 0.4) is 0 Å². The van der Waals surface area contributed by atoms with E-state index in [4.69, 9.17) is 5.14 Å². The molecule has 2 unspecified atom stereocenters. The number of nitrogens with two attached hydrogens (primary N) is 1. The normalized spacial score (nSPS) is 32.0. The van der Waals surface area contributed by atoms with E-state index in [1.165, 1.54) is 23.1 Å². The SMILES string of the molecule is NS(=O)(=O)c1ccc(N2C(=O)[C@@H]3C4C=CC(C4)[C@@H]3C2=O)c(Br)c1. The molecule has 1 heterocycles. The minimum absolute atomic E-state index is 0.0749. The molecule has 0 spiro atoms. The molecule has 2 aliphatic carbocycles. The van der Waals surface area contributed by atoms with Crippen LogP contribution >= 0.6 is 15.9 Å². The van der Waals surface area contributed by atoms with Crippen molar-refractivity contribution in [3.8, 4) is 0 Å². The molecular formula is C15H13BrN2O4S. The number of carbonyl (C=O) groups excluding carboxylic acids is 2. The lowest BCUT2D eigenvalue weighted by molar-refractivity contribution is -0.123. The molecule has 2 amide bonds. The third kappa shape index (κ3) is 2.05. The fourth-order valence-electron chi connectivity index (χ4n) is 3.99. The second-order valence-corrected chi connectivity index (χ2v) is 8.59. The van der Waals surface area contributed by atoms with Gasteiger partial charge in [-0.3, -0.25) is 9.59 Å². The molecule has 1 aromatic carbocycles. The van der Waals surface area contributed by atoms with Gasteiger partial charge in [0.05, 0.1) is 22.4 Å². The van der Waals surface area contributed by atoms with E-state index in [0.29, 0.717) is 10.2 Å². The summed E-state index contributed by atoms with van der Waals surface area (Å²) in [6.45, 7) is 0. The molecule has 0 aromatic heterocycles. The first-order valence-electron chi connectivity index (χ1n) is 7.17. The van der Waals surface area contributed by atoms with Crippen LogP contribution in [0.15, 0.2) is 39.7 Å². The first-order valence-corrected chi connectivity index (χ1v) is 9.51. The third-order valence-corrected chi connectivity index (χ3v) is 6.51. The Bertz CT molecular complexity index is 849. The first-order chi connectivity index (χ1) is 10.8. The summed E-state index contributed by atoms with van der Waals surface area (Å²) in [4.78, 5) is 26.6. The zero-order chi connectivity index (χ0) is 16.5. The zero-order valence-electron chi connectivity index (χ0n) is 11.8. The molecule has 1 aliphatic heterocycles. The minimum atomic E-state index is -3.84. The lowest BCUT2D eigenvalue weighted by Crippen LogP contribution is -2.33. The van der Waals surface area contributed by atoms with Crippen molar-refractivity contribution in [3.05, 3.63) is 34.8 Å². The van der Waals surface area contributed by atoms with Gasteiger partial charge in [-0.15, -0.1) is 0 Å². The number of hydrogen-bond acceptors (Lipinski definition) is 4. The van der Waals surface area contributed by atoms with Crippen LogP contribution in [-0.2, 0) is 19.6 Å². The summed E-state index contributed by atoms with van der Waals surface area (Å²) in [6, 6.07) is 4.05. The Hall–Kier alpha value is -1.51. The molecule has 1 aromatic rings. The number of allylic oxidation sites excluding steroid dienone is 2. The van der Waals surface area contributed by atoms with Gasteiger partial charge in [-0.1, -0.05) is 12.2 Å². The molecule has 2 bridgehead atoms. The largest absolute Gasteiger partial charge is 0.274 e. The maximum atomic E-state index is 12.7. The third-order valence-electron chi connectivity index (χ3n) is 4.96. The van der Waals surface area contributed by atoms with E-state index >= 15 is 0 Å². The number of benzene rings is 1. The average molecular weight is 397 g/mol.